The van der Waals surface area contributed by atoms with E-state index in [-0.39, 0.29) is 0 Å². The van der Waals surface area contributed by atoms with Crippen LogP contribution in [0.1, 0.15) is 45.1 Å². The van der Waals surface area contributed by atoms with Crippen LogP contribution < -0.4 is 0 Å². The molecule has 0 unspecified atom stereocenters. The number of benzene rings is 1. The van der Waals surface area contributed by atoms with Crippen molar-refractivity contribution in [3.8, 4) is 17.9 Å². The van der Waals surface area contributed by atoms with Gasteiger partial charge >= 0.3 is 0 Å². The van der Waals surface area contributed by atoms with E-state index in [2.05, 4.69) is 31.8 Å². The Labute approximate surface area is 110 Å². The van der Waals surface area contributed by atoms with Crippen LogP contribution in [0.5, 0.6) is 0 Å². The van der Waals surface area contributed by atoms with E-state index in [0.29, 0.717) is 0 Å². The van der Waals surface area contributed by atoms with Gasteiger partial charge in [0.25, 0.3) is 0 Å². The molecule has 0 aliphatic carbocycles. The van der Waals surface area contributed by atoms with Crippen LogP contribution in [-0.4, -0.2) is 0 Å². The molecule has 18 heavy (non-hydrogen) atoms. The molecule has 0 amide bonds. The lowest BCUT2D eigenvalue weighted by Crippen LogP contribution is -1.89. The maximum absolute atomic E-state index is 9.18. The average Bonchev–Trinajstić information content (AvgIpc) is 2.42. The Morgan fingerprint density at radius 2 is 1.61 bits per heavy atom. The molecule has 0 N–H and O–H groups in total. The first-order valence-electron chi connectivity index (χ1n) is 6.51. The fraction of sp³-hybridized carbons (Fsp3) is 0.353. The minimum atomic E-state index is 0.829. The van der Waals surface area contributed by atoms with Gasteiger partial charge in [0, 0.05) is 16.7 Å². The summed E-state index contributed by atoms with van der Waals surface area (Å²) < 4.78 is 0. The Hall–Kier alpha value is -1.99. The molecule has 0 bridgehead atoms. The van der Waals surface area contributed by atoms with Crippen LogP contribution in [0.2, 0.25) is 0 Å². The van der Waals surface area contributed by atoms with Gasteiger partial charge in [-0.3, -0.25) is 0 Å². The monoisotopic (exact) mass is 237 g/mol. The second-order valence-electron chi connectivity index (χ2n) is 4.18. The first kappa shape index (κ1) is 14.1. The van der Waals surface area contributed by atoms with E-state index in [4.69, 9.17) is 0 Å². The molecule has 1 aromatic carbocycles. The third-order valence-electron chi connectivity index (χ3n) is 2.63. The predicted molar refractivity (Wildman–Crippen MR) is 75.8 cm³/mol. The van der Waals surface area contributed by atoms with Gasteiger partial charge in [-0.05, 0) is 25.0 Å². The maximum Gasteiger partial charge on any atom is 0.0956 e. The molecule has 1 aromatic rings. The summed E-state index contributed by atoms with van der Waals surface area (Å²) >= 11 is 0. The molecule has 0 aromatic heterocycles. The smallest absolute Gasteiger partial charge is 0.0956 e. The second kappa shape index (κ2) is 8.15. The third kappa shape index (κ3) is 4.48. The van der Waals surface area contributed by atoms with Crippen molar-refractivity contribution in [3.05, 3.63) is 47.0 Å². The van der Waals surface area contributed by atoms with E-state index in [1.165, 1.54) is 0 Å². The minimum absolute atomic E-state index is 0.829. The van der Waals surface area contributed by atoms with Gasteiger partial charge in [0.2, 0.25) is 0 Å². The van der Waals surface area contributed by atoms with Gasteiger partial charge in [-0.25, -0.2) is 0 Å². The molecule has 1 heteroatoms. The molecular weight excluding hydrogens is 218 g/mol. The highest BCUT2D eigenvalue weighted by Gasteiger charge is 2.02. The molecule has 1 rings (SSSR count). The van der Waals surface area contributed by atoms with Crippen molar-refractivity contribution in [1.29, 1.82) is 5.26 Å². The highest BCUT2D eigenvalue weighted by Crippen LogP contribution is 2.15. The van der Waals surface area contributed by atoms with Crippen LogP contribution >= 0.6 is 0 Å². The molecule has 1 nitrogen and oxygen atoms in total. The molecule has 0 spiro atoms. The maximum atomic E-state index is 9.18. The summed E-state index contributed by atoms with van der Waals surface area (Å²) in [5.74, 6) is 6.32. The van der Waals surface area contributed by atoms with Gasteiger partial charge in [-0.1, -0.05) is 56.7 Å². The molecule has 0 heterocycles. The summed E-state index contributed by atoms with van der Waals surface area (Å²) in [7, 11) is 0. The molecule has 0 fully saturated rings. The van der Waals surface area contributed by atoms with Crippen LogP contribution in [0, 0.1) is 23.2 Å². The number of rotatable bonds is 4. The summed E-state index contributed by atoms with van der Waals surface area (Å²) in [4.78, 5) is 0. The quantitative estimate of drug-likeness (QED) is 0.560. The van der Waals surface area contributed by atoms with E-state index in [1.54, 1.807) is 0 Å². The lowest BCUT2D eigenvalue weighted by molar-refractivity contribution is 0.877. The van der Waals surface area contributed by atoms with Crippen molar-refractivity contribution < 1.29 is 0 Å². The first-order chi connectivity index (χ1) is 8.81. The zero-order valence-electron chi connectivity index (χ0n) is 11.2. The van der Waals surface area contributed by atoms with E-state index in [9.17, 15) is 5.26 Å². The van der Waals surface area contributed by atoms with Crippen LogP contribution in [0.25, 0.3) is 0 Å². The van der Waals surface area contributed by atoms with Gasteiger partial charge < -0.3 is 0 Å². The summed E-state index contributed by atoms with van der Waals surface area (Å²) in [5.41, 5.74) is 2.85. The molecule has 0 saturated carbocycles. The minimum Gasteiger partial charge on any atom is -0.193 e. The Bertz CT molecular complexity index is 492. The van der Waals surface area contributed by atoms with Crippen molar-refractivity contribution in [1.82, 2.24) is 0 Å². The lowest BCUT2D eigenvalue weighted by Gasteiger charge is -2.01. The molecule has 0 atom stereocenters. The Morgan fingerprint density at radius 3 is 2.17 bits per heavy atom. The molecule has 0 aliphatic rings. The van der Waals surface area contributed by atoms with Gasteiger partial charge in [-0.15, -0.1) is 0 Å². The SMILES string of the molecule is CCC/C(C#N)=C(/C#Cc1ccccc1)CCC. The van der Waals surface area contributed by atoms with Gasteiger partial charge in [-0.2, -0.15) is 5.26 Å². The van der Waals surface area contributed by atoms with Crippen LogP contribution in [0.3, 0.4) is 0 Å². The number of allylic oxidation sites excluding steroid dienone is 2. The van der Waals surface area contributed by atoms with Crippen molar-refractivity contribution in [2.45, 2.75) is 39.5 Å². The normalized spacial score (nSPS) is 10.9. The summed E-state index contributed by atoms with van der Waals surface area (Å²) in [6.45, 7) is 4.21. The predicted octanol–water partition coefficient (Wildman–Crippen LogP) is 4.46. The summed E-state index contributed by atoms with van der Waals surface area (Å²) in [6.07, 6.45) is 3.73. The molecule has 0 saturated heterocycles. The van der Waals surface area contributed by atoms with Crippen molar-refractivity contribution in [3.63, 3.8) is 0 Å². The Balaban J connectivity index is 3.01. The number of hydrogen-bond acceptors (Lipinski definition) is 1. The number of nitriles is 1. The fourth-order valence-corrected chi connectivity index (χ4v) is 1.73. The Morgan fingerprint density at radius 1 is 1.00 bits per heavy atom. The van der Waals surface area contributed by atoms with Gasteiger partial charge in [0.05, 0.1) is 6.07 Å². The first-order valence-corrected chi connectivity index (χ1v) is 6.51. The van der Waals surface area contributed by atoms with E-state index < -0.39 is 0 Å². The summed E-state index contributed by atoms with van der Waals surface area (Å²) in [5, 5.41) is 9.18. The molecule has 0 radical (unpaired) electrons. The van der Waals surface area contributed by atoms with Crippen molar-refractivity contribution in [2.24, 2.45) is 0 Å². The standard InChI is InChI=1S/C17H19N/c1-3-8-16(17(14-18)9-4-2)13-12-15-10-6-5-7-11-15/h5-7,10-11H,3-4,8-9H2,1-2H3/b17-16-. The van der Waals surface area contributed by atoms with Crippen LogP contribution in [0.4, 0.5) is 0 Å². The highest BCUT2D eigenvalue weighted by atomic mass is 14.2. The molecular formula is C17H19N. The molecule has 92 valence electrons. The highest BCUT2D eigenvalue weighted by molar-refractivity contribution is 5.45. The van der Waals surface area contributed by atoms with Crippen molar-refractivity contribution in [2.75, 3.05) is 0 Å². The van der Waals surface area contributed by atoms with Gasteiger partial charge in [0.1, 0.15) is 0 Å². The van der Waals surface area contributed by atoms with Gasteiger partial charge in [0.15, 0.2) is 0 Å². The topological polar surface area (TPSA) is 23.8 Å². The van der Waals surface area contributed by atoms with E-state index in [1.807, 2.05) is 30.3 Å². The summed E-state index contributed by atoms with van der Waals surface area (Å²) in [6, 6.07) is 12.2. The number of nitrogens with zero attached hydrogens (tertiary/aromatic N) is 1. The molecule has 0 aliphatic heterocycles. The number of hydrogen-bond donors (Lipinski definition) is 0. The van der Waals surface area contributed by atoms with Crippen molar-refractivity contribution >= 4 is 0 Å². The third-order valence-corrected chi connectivity index (χ3v) is 2.63. The Kier molecular flexibility index (Phi) is 6.37. The zero-order valence-corrected chi connectivity index (χ0v) is 11.2. The van der Waals surface area contributed by atoms with Crippen LogP contribution in [0.15, 0.2) is 41.5 Å². The van der Waals surface area contributed by atoms with Crippen LogP contribution in [-0.2, 0) is 0 Å². The lowest BCUT2D eigenvalue weighted by atomic mass is 10.0. The van der Waals surface area contributed by atoms with E-state index >= 15 is 0 Å². The average molecular weight is 237 g/mol. The fourth-order valence-electron chi connectivity index (χ4n) is 1.73. The second-order valence-corrected chi connectivity index (χ2v) is 4.18. The zero-order chi connectivity index (χ0) is 13.2. The largest absolute Gasteiger partial charge is 0.193 e. The van der Waals surface area contributed by atoms with E-state index in [0.717, 1.165) is 42.4 Å².